The second-order valence-electron chi connectivity index (χ2n) is 3.30. The molecule has 0 spiro atoms. The summed E-state index contributed by atoms with van der Waals surface area (Å²) in [5.41, 5.74) is 0.781. The number of hydrogen-bond acceptors (Lipinski definition) is 3. The minimum atomic E-state index is -0.0403. The zero-order valence-electron chi connectivity index (χ0n) is 8.73. The Labute approximate surface area is 114 Å². The van der Waals surface area contributed by atoms with E-state index in [1.807, 2.05) is 12.1 Å². The van der Waals surface area contributed by atoms with Crippen LogP contribution >= 0.6 is 35.0 Å². The van der Waals surface area contributed by atoms with Gasteiger partial charge in [0.1, 0.15) is 5.03 Å². The highest BCUT2D eigenvalue weighted by atomic mass is 35.5. The van der Waals surface area contributed by atoms with E-state index in [1.54, 1.807) is 24.4 Å². The largest absolute Gasteiger partial charge is 0.392 e. The molecule has 0 fully saturated rings. The maximum Gasteiger partial charge on any atom is 0.106 e. The second-order valence-corrected chi connectivity index (χ2v) is 5.18. The van der Waals surface area contributed by atoms with E-state index in [-0.39, 0.29) is 6.61 Å². The Kier molecular flexibility index (Phi) is 4.29. The summed E-state index contributed by atoms with van der Waals surface area (Å²) in [4.78, 5) is 5.08. The van der Waals surface area contributed by atoms with Gasteiger partial charge in [0.15, 0.2) is 0 Å². The number of hydrogen-bond donors (Lipinski definition) is 1. The SMILES string of the molecule is OCc1cccnc1Sc1ccc(Cl)cc1Cl. The van der Waals surface area contributed by atoms with Crippen molar-refractivity contribution in [2.45, 2.75) is 16.5 Å². The number of aromatic nitrogens is 1. The van der Waals surface area contributed by atoms with E-state index < -0.39 is 0 Å². The fourth-order valence-corrected chi connectivity index (χ4v) is 2.70. The van der Waals surface area contributed by atoms with Gasteiger partial charge in [0.25, 0.3) is 0 Å². The molecule has 1 aromatic heterocycles. The highest BCUT2D eigenvalue weighted by Gasteiger charge is 2.08. The summed E-state index contributed by atoms with van der Waals surface area (Å²) in [6.45, 7) is -0.0403. The number of aliphatic hydroxyl groups excluding tert-OH is 1. The molecule has 2 aromatic rings. The summed E-state index contributed by atoms with van der Waals surface area (Å²) >= 11 is 13.3. The van der Waals surface area contributed by atoms with Crippen LogP contribution in [-0.4, -0.2) is 10.1 Å². The maximum atomic E-state index is 9.20. The van der Waals surface area contributed by atoms with Gasteiger partial charge in [0, 0.05) is 21.7 Å². The van der Waals surface area contributed by atoms with Gasteiger partial charge in [-0.15, -0.1) is 0 Å². The molecule has 0 bridgehead atoms. The Morgan fingerprint density at radius 3 is 2.76 bits per heavy atom. The van der Waals surface area contributed by atoms with Crippen LogP contribution in [0.2, 0.25) is 10.0 Å². The van der Waals surface area contributed by atoms with Crippen LogP contribution in [0.1, 0.15) is 5.56 Å². The molecular weight excluding hydrogens is 277 g/mol. The van der Waals surface area contributed by atoms with Crippen molar-refractivity contribution in [2.24, 2.45) is 0 Å². The maximum absolute atomic E-state index is 9.20. The smallest absolute Gasteiger partial charge is 0.106 e. The summed E-state index contributed by atoms with van der Waals surface area (Å²) in [6.07, 6.45) is 1.69. The molecule has 88 valence electrons. The monoisotopic (exact) mass is 285 g/mol. The molecule has 0 saturated carbocycles. The zero-order valence-corrected chi connectivity index (χ0v) is 11.1. The first kappa shape index (κ1) is 12.7. The van der Waals surface area contributed by atoms with Crippen molar-refractivity contribution in [3.05, 3.63) is 52.1 Å². The molecule has 0 unspecified atom stereocenters. The molecule has 0 atom stereocenters. The Hall–Kier alpha value is -0.740. The van der Waals surface area contributed by atoms with Gasteiger partial charge in [-0.3, -0.25) is 0 Å². The van der Waals surface area contributed by atoms with E-state index in [0.29, 0.717) is 10.0 Å². The van der Waals surface area contributed by atoms with Crippen molar-refractivity contribution in [1.29, 1.82) is 0 Å². The molecular formula is C12H9Cl2NOS. The molecule has 2 rings (SSSR count). The van der Waals surface area contributed by atoms with E-state index in [2.05, 4.69) is 4.98 Å². The van der Waals surface area contributed by atoms with Crippen LogP contribution in [0.4, 0.5) is 0 Å². The van der Waals surface area contributed by atoms with Crippen LogP contribution in [0, 0.1) is 0 Å². The van der Waals surface area contributed by atoms with Gasteiger partial charge in [-0.05, 0) is 24.3 Å². The number of nitrogens with zero attached hydrogens (tertiary/aromatic N) is 1. The van der Waals surface area contributed by atoms with Gasteiger partial charge < -0.3 is 5.11 Å². The fourth-order valence-electron chi connectivity index (χ4n) is 1.30. The fraction of sp³-hybridized carbons (Fsp3) is 0.0833. The van der Waals surface area contributed by atoms with Crippen molar-refractivity contribution in [2.75, 3.05) is 0 Å². The predicted molar refractivity (Wildman–Crippen MR) is 70.7 cm³/mol. The third kappa shape index (κ3) is 3.13. The molecule has 0 aliphatic carbocycles. The van der Waals surface area contributed by atoms with E-state index in [0.717, 1.165) is 15.5 Å². The Morgan fingerprint density at radius 1 is 1.24 bits per heavy atom. The molecule has 5 heteroatoms. The summed E-state index contributed by atoms with van der Waals surface area (Å²) in [6, 6.07) is 8.92. The Bertz CT molecular complexity index is 534. The number of benzene rings is 1. The summed E-state index contributed by atoms with van der Waals surface area (Å²) < 4.78 is 0. The first-order valence-corrected chi connectivity index (χ1v) is 6.45. The van der Waals surface area contributed by atoms with Gasteiger partial charge in [0.05, 0.1) is 11.6 Å². The highest BCUT2D eigenvalue weighted by molar-refractivity contribution is 7.99. The van der Waals surface area contributed by atoms with Gasteiger partial charge in [-0.1, -0.05) is 41.0 Å². The van der Waals surface area contributed by atoms with Crippen LogP contribution in [0.5, 0.6) is 0 Å². The Morgan fingerprint density at radius 2 is 2.06 bits per heavy atom. The lowest BCUT2D eigenvalue weighted by atomic mass is 10.3. The molecule has 1 aromatic carbocycles. The van der Waals surface area contributed by atoms with Gasteiger partial charge >= 0.3 is 0 Å². The van der Waals surface area contributed by atoms with Crippen molar-refractivity contribution in [1.82, 2.24) is 4.98 Å². The van der Waals surface area contributed by atoms with Gasteiger partial charge in [-0.25, -0.2) is 4.98 Å². The standard InChI is InChI=1S/C12H9Cl2NOS/c13-9-3-4-11(10(14)6-9)17-12-8(7-16)2-1-5-15-12/h1-6,16H,7H2. The summed E-state index contributed by atoms with van der Waals surface area (Å²) in [5.74, 6) is 0. The Balaban J connectivity index is 2.31. The first-order valence-electron chi connectivity index (χ1n) is 4.88. The van der Waals surface area contributed by atoms with Crippen LogP contribution < -0.4 is 0 Å². The second kappa shape index (κ2) is 5.74. The quantitative estimate of drug-likeness (QED) is 0.924. The van der Waals surface area contributed by atoms with E-state index in [1.165, 1.54) is 11.8 Å². The lowest BCUT2D eigenvalue weighted by Crippen LogP contribution is -1.90. The van der Waals surface area contributed by atoms with E-state index >= 15 is 0 Å². The average Bonchev–Trinajstić information content (AvgIpc) is 2.33. The van der Waals surface area contributed by atoms with Crippen LogP contribution in [0.15, 0.2) is 46.5 Å². The average molecular weight is 286 g/mol. The topological polar surface area (TPSA) is 33.1 Å². The van der Waals surface area contributed by atoms with Crippen molar-refractivity contribution < 1.29 is 5.11 Å². The van der Waals surface area contributed by atoms with Crippen molar-refractivity contribution >= 4 is 35.0 Å². The molecule has 2 nitrogen and oxygen atoms in total. The molecule has 0 aliphatic rings. The minimum Gasteiger partial charge on any atom is -0.392 e. The number of rotatable bonds is 3. The minimum absolute atomic E-state index is 0.0403. The lowest BCUT2D eigenvalue weighted by Gasteiger charge is -2.07. The van der Waals surface area contributed by atoms with Crippen LogP contribution in [0.3, 0.4) is 0 Å². The van der Waals surface area contributed by atoms with E-state index in [9.17, 15) is 5.11 Å². The number of aliphatic hydroxyl groups is 1. The predicted octanol–water partition coefficient (Wildman–Crippen LogP) is 4.03. The normalized spacial score (nSPS) is 10.5. The van der Waals surface area contributed by atoms with Crippen LogP contribution in [0.25, 0.3) is 0 Å². The first-order chi connectivity index (χ1) is 8.20. The highest BCUT2D eigenvalue weighted by Crippen LogP contribution is 2.35. The lowest BCUT2D eigenvalue weighted by molar-refractivity contribution is 0.278. The summed E-state index contributed by atoms with van der Waals surface area (Å²) in [5, 5.41) is 11.1. The molecule has 1 heterocycles. The zero-order chi connectivity index (χ0) is 12.3. The molecule has 1 N–H and O–H groups in total. The van der Waals surface area contributed by atoms with E-state index in [4.69, 9.17) is 23.2 Å². The molecule has 0 radical (unpaired) electrons. The van der Waals surface area contributed by atoms with Gasteiger partial charge in [-0.2, -0.15) is 0 Å². The summed E-state index contributed by atoms with van der Waals surface area (Å²) in [7, 11) is 0. The number of halogens is 2. The number of pyridine rings is 1. The third-order valence-electron chi connectivity index (χ3n) is 2.12. The molecule has 0 aliphatic heterocycles. The van der Waals surface area contributed by atoms with Crippen LogP contribution in [-0.2, 0) is 6.61 Å². The molecule has 17 heavy (non-hydrogen) atoms. The molecule has 0 saturated heterocycles. The van der Waals surface area contributed by atoms with Crippen molar-refractivity contribution in [3.8, 4) is 0 Å². The van der Waals surface area contributed by atoms with Gasteiger partial charge in [0.2, 0.25) is 0 Å². The third-order valence-corrected chi connectivity index (χ3v) is 3.92. The molecule has 0 amide bonds. The van der Waals surface area contributed by atoms with Crippen molar-refractivity contribution in [3.63, 3.8) is 0 Å².